The van der Waals surface area contributed by atoms with Crippen LogP contribution in [0, 0.1) is 5.92 Å². The number of hydrogen-bond donors (Lipinski definition) is 1. The molecule has 106 valence electrons. The first-order valence-corrected chi connectivity index (χ1v) is 6.21. The molecule has 0 aliphatic carbocycles. The summed E-state index contributed by atoms with van der Waals surface area (Å²) in [5.74, 6) is 0.359. The summed E-state index contributed by atoms with van der Waals surface area (Å²) < 4.78 is 44.2. The van der Waals surface area contributed by atoms with Crippen LogP contribution in [-0.4, -0.2) is 11.1 Å². The lowest BCUT2D eigenvalue weighted by Crippen LogP contribution is -2.21. The Bertz CT molecular complexity index is 471. The number of rotatable bonds is 4. The van der Waals surface area contributed by atoms with E-state index in [4.69, 9.17) is 10.5 Å². The molecule has 0 aliphatic rings. The van der Waals surface area contributed by atoms with Crippen molar-refractivity contribution >= 4 is 17.2 Å². The van der Waals surface area contributed by atoms with Gasteiger partial charge in [0.2, 0.25) is 0 Å². The van der Waals surface area contributed by atoms with Crippen LogP contribution in [0.4, 0.5) is 13.2 Å². The molecular weight excluding hydrogens is 275 g/mol. The molecule has 0 saturated carbocycles. The molecule has 1 atom stereocenters. The Morgan fingerprint density at radius 3 is 2.26 bits per heavy atom. The van der Waals surface area contributed by atoms with Crippen LogP contribution in [0.2, 0.25) is 0 Å². The van der Waals surface area contributed by atoms with E-state index in [-0.39, 0.29) is 28.3 Å². The minimum atomic E-state index is -4.51. The lowest BCUT2D eigenvalue weighted by atomic mass is 10.1. The summed E-state index contributed by atoms with van der Waals surface area (Å²) in [5.41, 5.74) is 4.25. The third-order valence-corrected chi connectivity index (χ3v) is 3.04. The van der Waals surface area contributed by atoms with E-state index < -0.39 is 11.7 Å². The first kappa shape index (κ1) is 15.8. The monoisotopic (exact) mass is 291 g/mol. The second-order valence-corrected chi connectivity index (χ2v) is 5.08. The molecule has 0 aliphatic heterocycles. The minimum absolute atomic E-state index is 0.161. The third kappa shape index (κ3) is 4.09. The van der Waals surface area contributed by atoms with Gasteiger partial charge in [0, 0.05) is 5.56 Å². The molecule has 0 heterocycles. The SMILES string of the molecule is CC(C)C(C)Oc1ccc(C(N)=S)c(C(F)(F)F)c1. The molecule has 0 saturated heterocycles. The van der Waals surface area contributed by atoms with Gasteiger partial charge in [-0.25, -0.2) is 0 Å². The molecule has 2 N–H and O–H groups in total. The Kier molecular flexibility index (Phi) is 4.79. The number of ether oxygens (including phenoxy) is 1. The summed E-state index contributed by atoms with van der Waals surface area (Å²) in [6.45, 7) is 5.66. The smallest absolute Gasteiger partial charge is 0.417 e. The number of benzene rings is 1. The quantitative estimate of drug-likeness (QED) is 0.858. The number of hydrogen-bond acceptors (Lipinski definition) is 2. The maximum Gasteiger partial charge on any atom is 0.417 e. The van der Waals surface area contributed by atoms with Crippen molar-refractivity contribution in [2.75, 3.05) is 0 Å². The lowest BCUT2D eigenvalue weighted by molar-refractivity contribution is -0.137. The predicted molar refractivity (Wildman–Crippen MR) is 72.3 cm³/mol. The third-order valence-electron chi connectivity index (χ3n) is 2.82. The van der Waals surface area contributed by atoms with Gasteiger partial charge in [-0.15, -0.1) is 0 Å². The van der Waals surface area contributed by atoms with Crippen molar-refractivity contribution in [3.63, 3.8) is 0 Å². The Morgan fingerprint density at radius 2 is 1.84 bits per heavy atom. The molecule has 1 unspecified atom stereocenters. The Balaban J connectivity index is 3.16. The zero-order chi connectivity index (χ0) is 14.8. The molecular formula is C13H16F3NOS. The lowest BCUT2D eigenvalue weighted by Gasteiger charge is -2.20. The summed E-state index contributed by atoms with van der Waals surface area (Å²) >= 11 is 4.63. The molecule has 19 heavy (non-hydrogen) atoms. The van der Waals surface area contributed by atoms with Gasteiger partial charge >= 0.3 is 6.18 Å². The number of nitrogens with two attached hydrogens (primary N) is 1. The molecule has 0 bridgehead atoms. The first-order chi connectivity index (χ1) is 8.62. The Labute approximate surface area is 115 Å². The van der Waals surface area contributed by atoms with Gasteiger partial charge in [0.25, 0.3) is 0 Å². The van der Waals surface area contributed by atoms with Crippen molar-refractivity contribution < 1.29 is 17.9 Å². The maximum absolute atomic E-state index is 12.9. The van der Waals surface area contributed by atoms with Crippen molar-refractivity contribution in [2.24, 2.45) is 11.7 Å². The van der Waals surface area contributed by atoms with Crippen LogP contribution in [0.15, 0.2) is 18.2 Å². The molecule has 1 rings (SSSR count). The van der Waals surface area contributed by atoms with Gasteiger partial charge in [-0.05, 0) is 31.0 Å². The van der Waals surface area contributed by atoms with E-state index in [9.17, 15) is 13.2 Å². The number of thiocarbonyl (C=S) groups is 1. The molecule has 1 aromatic carbocycles. The highest BCUT2D eigenvalue weighted by Gasteiger charge is 2.34. The van der Waals surface area contributed by atoms with Gasteiger partial charge in [-0.1, -0.05) is 26.1 Å². The average molecular weight is 291 g/mol. The van der Waals surface area contributed by atoms with Crippen molar-refractivity contribution in [3.8, 4) is 5.75 Å². The normalized spacial score (nSPS) is 13.4. The summed E-state index contributed by atoms with van der Waals surface area (Å²) in [5, 5.41) is 0. The Hall–Kier alpha value is -1.30. The zero-order valence-electron chi connectivity index (χ0n) is 10.9. The summed E-state index contributed by atoms with van der Waals surface area (Å²) in [4.78, 5) is -0.282. The topological polar surface area (TPSA) is 35.2 Å². The van der Waals surface area contributed by atoms with Crippen LogP contribution in [0.25, 0.3) is 0 Å². The van der Waals surface area contributed by atoms with E-state index in [0.717, 1.165) is 6.07 Å². The molecule has 0 spiro atoms. The van der Waals surface area contributed by atoms with Gasteiger partial charge in [-0.2, -0.15) is 13.2 Å². The second-order valence-electron chi connectivity index (χ2n) is 4.64. The van der Waals surface area contributed by atoms with Crippen LogP contribution in [0.5, 0.6) is 5.75 Å². The molecule has 0 radical (unpaired) electrons. The van der Waals surface area contributed by atoms with E-state index in [2.05, 4.69) is 12.2 Å². The van der Waals surface area contributed by atoms with Crippen LogP contribution in [0.3, 0.4) is 0 Å². The van der Waals surface area contributed by atoms with Gasteiger partial charge in [0.1, 0.15) is 10.7 Å². The molecule has 0 amide bonds. The van der Waals surface area contributed by atoms with Crippen LogP contribution < -0.4 is 10.5 Å². The second kappa shape index (κ2) is 5.77. The standard InChI is InChI=1S/C13H16F3NOS/c1-7(2)8(3)18-9-4-5-10(12(17)19)11(6-9)13(14,15)16/h4-8H,1-3H3,(H2,17,19). The van der Waals surface area contributed by atoms with Crippen molar-refractivity contribution in [3.05, 3.63) is 29.3 Å². The van der Waals surface area contributed by atoms with Crippen LogP contribution in [-0.2, 0) is 6.18 Å². The van der Waals surface area contributed by atoms with E-state index in [1.54, 1.807) is 6.92 Å². The highest BCUT2D eigenvalue weighted by atomic mass is 32.1. The summed E-state index contributed by atoms with van der Waals surface area (Å²) in [6, 6.07) is 3.63. The van der Waals surface area contributed by atoms with E-state index in [1.165, 1.54) is 12.1 Å². The highest BCUT2D eigenvalue weighted by molar-refractivity contribution is 7.80. The van der Waals surface area contributed by atoms with Gasteiger partial charge in [-0.3, -0.25) is 0 Å². The molecule has 1 aromatic rings. The predicted octanol–water partition coefficient (Wildman–Crippen LogP) is 3.76. The van der Waals surface area contributed by atoms with Crippen molar-refractivity contribution in [1.29, 1.82) is 0 Å². The largest absolute Gasteiger partial charge is 0.490 e. The minimum Gasteiger partial charge on any atom is -0.490 e. The van der Waals surface area contributed by atoms with Gasteiger partial charge in [0.15, 0.2) is 0 Å². The molecule has 2 nitrogen and oxygen atoms in total. The van der Waals surface area contributed by atoms with E-state index >= 15 is 0 Å². The van der Waals surface area contributed by atoms with E-state index in [1.807, 2.05) is 13.8 Å². The molecule has 6 heteroatoms. The fourth-order valence-corrected chi connectivity index (χ4v) is 1.57. The molecule has 0 aromatic heterocycles. The summed E-state index contributed by atoms with van der Waals surface area (Å²) in [6.07, 6.45) is -4.70. The number of alkyl halides is 3. The van der Waals surface area contributed by atoms with E-state index in [0.29, 0.717) is 0 Å². The fraction of sp³-hybridized carbons (Fsp3) is 0.462. The average Bonchev–Trinajstić information content (AvgIpc) is 2.27. The highest BCUT2D eigenvalue weighted by Crippen LogP contribution is 2.34. The van der Waals surface area contributed by atoms with Gasteiger partial charge in [0.05, 0.1) is 11.7 Å². The zero-order valence-corrected chi connectivity index (χ0v) is 11.7. The fourth-order valence-electron chi connectivity index (χ4n) is 1.40. The maximum atomic E-state index is 12.9. The van der Waals surface area contributed by atoms with Crippen molar-refractivity contribution in [1.82, 2.24) is 0 Å². The van der Waals surface area contributed by atoms with Crippen LogP contribution >= 0.6 is 12.2 Å². The van der Waals surface area contributed by atoms with Gasteiger partial charge < -0.3 is 10.5 Å². The molecule has 0 fully saturated rings. The van der Waals surface area contributed by atoms with Crippen LogP contribution in [0.1, 0.15) is 31.9 Å². The first-order valence-electron chi connectivity index (χ1n) is 5.80. The summed E-state index contributed by atoms with van der Waals surface area (Å²) in [7, 11) is 0. The Morgan fingerprint density at radius 1 is 1.26 bits per heavy atom. The van der Waals surface area contributed by atoms with Crippen molar-refractivity contribution in [2.45, 2.75) is 33.1 Å². The number of halogens is 3.